The van der Waals surface area contributed by atoms with Crippen molar-refractivity contribution >= 4 is 29.6 Å². The molecule has 2 aromatic rings. The average Bonchev–Trinajstić information content (AvgIpc) is 3.08. The zero-order valence-corrected chi connectivity index (χ0v) is 18.9. The van der Waals surface area contributed by atoms with Crippen LogP contribution in [-0.2, 0) is 9.59 Å². The van der Waals surface area contributed by atoms with Crippen molar-refractivity contribution in [2.24, 2.45) is 0 Å². The van der Waals surface area contributed by atoms with E-state index in [2.05, 4.69) is 0 Å². The Bertz CT molecular complexity index is 1120. The highest BCUT2D eigenvalue weighted by molar-refractivity contribution is 6.21. The van der Waals surface area contributed by atoms with Crippen molar-refractivity contribution < 1.29 is 28.7 Å². The SMILES string of the molecule is CC(=O)Oc1cccc(C(=O)N2CCN(C(=O)CCCN3C(=O)c4ccccc4C3=O)CC2)c1. The number of fused-ring (bicyclic) bond motifs is 1. The van der Waals surface area contributed by atoms with Gasteiger partial charge in [0.2, 0.25) is 5.91 Å². The Morgan fingerprint density at radius 2 is 1.47 bits per heavy atom. The molecule has 2 aromatic carbocycles. The predicted octanol–water partition coefficient (Wildman–Crippen LogP) is 1.97. The number of amides is 4. The fourth-order valence-corrected chi connectivity index (χ4v) is 4.19. The van der Waals surface area contributed by atoms with Gasteiger partial charge in [0.25, 0.3) is 17.7 Å². The van der Waals surface area contributed by atoms with E-state index in [9.17, 15) is 24.0 Å². The van der Waals surface area contributed by atoms with Gasteiger partial charge in [-0.1, -0.05) is 18.2 Å². The third-order valence-corrected chi connectivity index (χ3v) is 5.91. The molecule has 1 fully saturated rings. The van der Waals surface area contributed by atoms with E-state index in [0.29, 0.717) is 55.0 Å². The molecule has 0 spiro atoms. The summed E-state index contributed by atoms with van der Waals surface area (Å²) in [6.45, 7) is 3.07. The van der Waals surface area contributed by atoms with Gasteiger partial charge in [0, 0.05) is 51.6 Å². The zero-order chi connectivity index (χ0) is 24.2. The summed E-state index contributed by atoms with van der Waals surface area (Å²) >= 11 is 0. The standard InChI is InChI=1S/C25H25N3O6/c1-17(29)34-19-7-4-6-18(16-19)23(31)27-14-12-26(13-15-27)22(30)10-5-11-28-24(32)20-8-2-3-9-21(20)25(28)33/h2-4,6-9,16H,5,10-15H2,1H3. The smallest absolute Gasteiger partial charge is 0.308 e. The quantitative estimate of drug-likeness (QED) is 0.369. The summed E-state index contributed by atoms with van der Waals surface area (Å²) < 4.78 is 5.04. The van der Waals surface area contributed by atoms with E-state index in [1.54, 1.807) is 52.3 Å². The Hall–Kier alpha value is -4.01. The summed E-state index contributed by atoms with van der Waals surface area (Å²) in [5.74, 6) is -1.05. The first kappa shape index (κ1) is 23.2. The lowest BCUT2D eigenvalue weighted by molar-refractivity contribution is -0.133. The molecule has 176 valence electrons. The highest BCUT2D eigenvalue weighted by Gasteiger charge is 2.34. The van der Waals surface area contributed by atoms with Crippen LogP contribution in [0.1, 0.15) is 50.8 Å². The van der Waals surface area contributed by atoms with Gasteiger partial charge in [0.15, 0.2) is 0 Å². The maximum Gasteiger partial charge on any atom is 0.308 e. The molecule has 9 heteroatoms. The first-order valence-electron chi connectivity index (χ1n) is 11.2. The number of hydrogen-bond acceptors (Lipinski definition) is 6. The second kappa shape index (κ2) is 9.86. The Kier molecular flexibility index (Phi) is 6.72. The highest BCUT2D eigenvalue weighted by Crippen LogP contribution is 2.23. The second-order valence-electron chi connectivity index (χ2n) is 8.21. The summed E-state index contributed by atoms with van der Waals surface area (Å²) in [6.07, 6.45) is 0.595. The van der Waals surface area contributed by atoms with Crippen LogP contribution in [0.5, 0.6) is 5.75 Å². The molecule has 0 unspecified atom stereocenters. The second-order valence-corrected chi connectivity index (χ2v) is 8.21. The lowest BCUT2D eigenvalue weighted by atomic mass is 10.1. The van der Waals surface area contributed by atoms with Gasteiger partial charge in [-0.05, 0) is 36.8 Å². The maximum atomic E-state index is 12.8. The van der Waals surface area contributed by atoms with Gasteiger partial charge in [-0.25, -0.2) is 0 Å². The molecule has 2 aliphatic rings. The molecule has 0 radical (unpaired) electrons. The van der Waals surface area contributed by atoms with Crippen LogP contribution in [0.25, 0.3) is 0 Å². The van der Waals surface area contributed by atoms with Crippen LogP contribution in [0.15, 0.2) is 48.5 Å². The molecule has 4 rings (SSSR count). The van der Waals surface area contributed by atoms with Crippen molar-refractivity contribution in [1.82, 2.24) is 14.7 Å². The molecule has 2 heterocycles. The molecule has 0 N–H and O–H groups in total. The van der Waals surface area contributed by atoms with Gasteiger partial charge < -0.3 is 14.5 Å². The molecule has 9 nitrogen and oxygen atoms in total. The molecule has 0 saturated carbocycles. The number of nitrogens with zero attached hydrogens (tertiary/aromatic N) is 3. The zero-order valence-electron chi connectivity index (χ0n) is 18.9. The van der Waals surface area contributed by atoms with E-state index in [1.165, 1.54) is 17.9 Å². The minimum Gasteiger partial charge on any atom is -0.427 e. The van der Waals surface area contributed by atoms with Gasteiger partial charge >= 0.3 is 5.97 Å². The normalized spacial score (nSPS) is 15.4. The van der Waals surface area contributed by atoms with E-state index in [-0.39, 0.29) is 36.6 Å². The van der Waals surface area contributed by atoms with E-state index in [1.807, 2.05) is 0 Å². The first-order chi connectivity index (χ1) is 16.3. The van der Waals surface area contributed by atoms with Crippen LogP contribution in [0, 0.1) is 0 Å². The largest absolute Gasteiger partial charge is 0.427 e. The number of ether oxygens (including phenoxy) is 1. The summed E-state index contributed by atoms with van der Waals surface area (Å²) in [5, 5.41) is 0. The Balaban J connectivity index is 1.24. The van der Waals surface area contributed by atoms with Crippen molar-refractivity contribution in [3.8, 4) is 5.75 Å². The van der Waals surface area contributed by atoms with Gasteiger partial charge in [-0.15, -0.1) is 0 Å². The Labute approximate surface area is 196 Å². The number of carbonyl (C=O) groups excluding carboxylic acids is 5. The summed E-state index contributed by atoms with van der Waals surface area (Å²) in [5.41, 5.74) is 1.22. The third kappa shape index (κ3) is 4.83. The number of piperazine rings is 1. The molecule has 2 aliphatic heterocycles. The van der Waals surface area contributed by atoms with E-state index in [4.69, 9.17) is 4.74 Å². The van der Waals surface area contributed by atoms with Crippen LogP contribution in [0.2, 0.25) is 0 Å². The minimum absolute atomic E-state index is 0.0689. The first-order valence-corrected chi connectivity index (χ1v) is 11.2. The number of imide groups is 1. The Morgan fingerprint density at radius 3 is 2.09 bits per heavy atom. The van der Waals surface area contributed by atoms with Gasteiger partial charge in [0.05, 0.1) is 11.1 Å². The van der Waals surface area contributed by atoms with Crippen LogP contribution in [-0.4, -0.2) is 77.0 Å². The molecule has 0 bridgehead atoms. The van der Waals surface area contributed by atoms with Crippen molar-refractivity contribution in [2.45, 2.75) is 19.8 Å². The fourth-order valence-electron chi connectivity index (χ4n) is 4.19. The molecule has 34 heavy (non-hydrogen) atoms. The highest BCUT2D eigenvalue weighted by atomic mass is 16.5. The van der Waals surface area contributed by atoms with Crippen LogP contribution in [0.4, 0.5) is 0 Å². The molecule has 0 aromatic heterocycles. The fraction of sp³-hybridized carbons (Fsp3) is 0.320. The van der Waals surface area contributed by atoms with E-state index < -0.39 is 5.97 Å². The molecule has 0 atom stereocenters. The topological polar surface area (TPSA) is 104 Å². The van der Waals surface area contributed by atoms with E-state index >= 15 is 0 Å². The van der Waals surface area contributed by atoms with Gasteiger partial charge in [0.1, 0.15) is 5.75 Å². The lowest BCUT2D eigenvalue weighted by Crippen LogP contribution is -2.50. The van der Waals surface area contributed by atoms with E-state index in [0.717, 1.165) is 0 Å². The molecule has 0 aliphatic carbocycles. The average molecular weight is 463 g/mol. The summed E-state index contributed by atoms with van der Waals surface area (Å²) in [4.78, 5) is 66.0. The van der Waals surface area contributed by atoms with Gasteiger partial charge in [-0.3, -0.25) is 28.9 Å². The Morgan fingerprint density at radius 1 is 0.853 bits per heavy atom. The van der Waals surface area contributed by atoms with Gasteiger partial charge in [-0.2, -0.15) is 0 Å². The van der Waals surface area contributed by atoms with Crippen LogP contribution >= 0.6 is 0 Å². The molecule has 1 saturated heterocycles. The monoisotopic (exact) mass is 463 g/mol. The summed E-state index contributed by atoms with van der Waals surface area (Å²) in [7, 11) is 0. The number of carbonyl (C=O) groups is 5. The van der Waals surface area contributed by atoms with Crippen molar-refractivity contribution in [3.05, 3.63) is 65.2 Å². The molecule has 4 amide bonds. The van der Waals surface area contributed by atoms with Crippen molar-refractivity contribution in [2.75, 3.05) is 32.7 Å². The third-order valence-electron chi connectivity index (χ3n) is 5.91. The van der Waals surface area contributed by atoms with Crippen molar-refractivity contribution in [1.29, 1.82) is 0 Å². The predicted molar refractivity (Wildman–Crippen MR) is 121 cm³/mol. The number of benzene rings is 2. The number of esters is 1. The lowest BCUT2D eigenvalue weighted by Gasteiger charge is -2.35. The number of rotatable bonds is 6. The minimum atomic E-state index is -0.459. The number of hydrogen-bond donors (Lipinski definition) is 0. The summed E-state index contributed by atoms with van der Waals surface area (Å²) in [6, 6.07) is 13.2. The van der Waals surface area contributed by atoms with Crippen LogP contribution in [0.3, 0.4) is 0 Å². The van der Waals surface area contributed by atoms with Crippen LogP contribution < -0.4 is 4.74 Å². The molecular weight excluding hydrogens is 438 g/mol. The molecular formula is C25H25N3O6. The van der Waals surface area contributed by atoms with Crippen molar-refractivity contribution in [3.63, 3.8) is 0 Å². The maximum absolute atomic E-state index is 12.8.